The van der Waals surface area contributed by atoms with E-state index < -0.39 is 15.6 Å². The molecule has 3 aromatic rings. The van der Waals surface area contributed by atoms with Crippen molar-refractivity contribution < 1.29 is 8.42 Å². The summed E-state index contributed by atoms with van der Waals surface area (Å²) < 4.78 is 28.5. The Morgan fingerprint density at radius 3 is 2.35 bits per heavy atom. The maximum Gasteiger partial charge on any atom is 0.241 e. The molecule has 138 valence electrons. The van der Waals surface area contributed by atoms with E-state index in [9.17, 15) is 8.42 Å². The smallest absolute Gasteiger partial charge is 0.241 e. The lowest BCUT2D eigenvalue weighted by Gasteiger charge is -2.26. The standard InChI is InChI=1S/C21H26N2O2S/c1-15(2)16-9-11-18(12-10-16)26(24,25)23-21(3,4)13-17-14-22-20-8-6-5-7-19(17)20/h5-12,14-15,22-23H,13H2,1-4H3. The van der Waals surface area contributed by atoms with Gasteiger partial charge in [0.2, 0.25) is 10.0 Å². The zero-order chi connectivity index (χ0) is 18.9. The first kappa shape index (κ1) is 18.7. The van der Waals surface area contributed by atoms with Crippen molar-refractivity contribution in [1.82, 2.24) is 9.71 Å². The van der Waals surface area contributed by atoms with Crippen molar-refractivity contribution >= 4 is 20.9 Å². The average molecular weight is 371 g/mol. The molecule has 0 atom stereocenters. The van der Waals surface area contributed by atoms with Crippen LogP contribution < -0.4 is 4.72 Å². The quantitative estimate of drug-likeness (QED) is 0.666. The van der Waals surface area contributed by atoms with Gasteiger partial charge in [0, 0.05) is 22.6 Å². The summed E-state index contributed by atoms with van der Waals surface area (Å²) in [4.78, 5) is 3.54. The van der Waals surface area contributed by atoms with Crippen LogP contribution in [0, 0.1) is 0 Å². The van der Waals surface area contributed by atoms with Crippen LogP contribution in [0.4, 0.5) is 0 Å². The van der Waals surface area contributed by atoms with Gasteiger partial charge in [0.1, 0.15) is 0 Å². The van der Waals surface area contributed by atoms with E-state index in [1.807, 2.05) is 50.4 Å². The third-order valence-corrected chi connectivity index (χ3v) is 6.29. The third-order valence-electron chi connectivity index (χ3n) is 4.58. The van der Waals surface area contributed by atoms with Crippen molar-refractivity contribution in [3.8, 4) is 0 Å². The van der Waals surface area contributed by atoms with Gasteiger partial charge < -0.3 is 4.98 Å². The molecular formula is C21H26N2O2S. The fourth-order valence-corrected chi connectivity index (χ4v) is 4.66. The topological polar surface area (TPSA) is 62.0 Å². The number of aromatic nitrogens is 1. The van der Waals surface area contributed by atoms with Gasteiger partial charge in [0.15, 0.2) is 0 Å². The van der Waals surface area contributed by atoms with Crippen LogP contribution in [0.25, 0.3) is 10.9 Å². The van der Waals surface area contributed by atoms with Crippen molar-refractivity contribution in [3.05, 3.63) is 65.9 Å². The predicted octanol–water partition coefficient (Wildman–Crippen LogP) is 4.59. The Bertz CT molecular complexity index is 1000. The molecule has 0 unspecified atom stereocenters. The van der Waals surface area contributed by atoms with E-state index in [1.54, 1.807) is 12.1 Å². The van der Waals surface area contributed by atoms with Gasteiger partial charge in [0.05, 0.1) is 4.90 Å². The lowest BCUT2D eigenvalue weighted by atomic mass is 9.96. The number of aromatic amines is 1. The van der Waals surface area contributed by atoms with E-state index in [-0.39, 0.29) is 0 Å². The van der Waals surface area contributed by atoms with Crippen LogP contribution in [0.5, 0.6) is 0 Å². The number of H-pyrrole nitrogens is 1. The molecule has 1 heterocycles. The summed E-state index contributed by atoms with van der Waals surface area (Å²) >= 11 is 0. The zero-order valence-corrected chi connectivity index (χ0v) is 16.5. The molecule has 2 aromatic carbocycles. The fourth-order valence-electron chi connectivity index (χ4n) is 3.24. The van der Waals surface area contributed by atoms with Gasteiger partial charge in [-0.3, -0.25) is 0 Å². The molecule has 0 saturated heterocycles. The van der Waals surface area contributed by atoms with E-state index in [1.165, 1.54) is 0 Å². The SMILES string of the molecule is CC(C)c1ccc(S(=O)(=O)NC(C)(C)Cc2c[nH]c3ccccc23)cc1. The van der Waals surface area contributed by atoms with Gasteiger partial charge >= 0.3 is 0 Å². The average Bonchev–Trinajstić information content (AvgIpc) is 2.96. The number of benzene rings is 2. The normalized spacial score (nSPS) is 12.8. The van der Waals surface area contributed by atoms with E-state index in [4.69, 9.17) is 0 Å². The first-order valence-electron chi connectivity index (χ1n) is 8.87. The van der Waals surface area contributed by atoms with E-state index >= 15 is 0 Å². The predicted molar refractivity (Wildman–Crippen MR) is 107 cm³/mol. The number of rotatable bonds is 6. The molecule has 0 spiro atoms. The second-order valence-corrected chi connectivity index (χ2v) is 9.43. The van der Waals surface area contributed by atoms with Crippen LogP contribution >= 0.6 is 0 Å². The molecule has 4 nitrogen and oxygen atoms in total. The Morgan fingerprint density at radius 2 is 1.69 bits per heavy atom. The Kier molecular flexibility index (Phi) is 4.95. The maximum absolute atomic E-state index is 12.8. The lowest BCUT2D eigenvalue weighted by molar-refractivity contribution is 0.451. The summed E-state index contributed by atoms with van der Waals surface area (Å²) in [6.45, 7) is 8.00. The van der Waals surface area contributed by atoms with Gasteiger partial charge in [0.25, 0.3) is 0 Å². The van der Waals surface area contributed by atoms with Gasteiger partial charge in [-0.05, 0) is 55.5 Å². The maximum atomic E-state index is 12.8. The largest absolute Gasteiger partial charge is 0.361 e. The summed E-state index contributed by atoms with van der Waals surface area (Å²) in [5.74, 6) is 0.373. The van der Waals surface area contributed by atoms with Gasteiger partial charge in [-0.2, -0.15) is 0 Å². The Labute approximate surface area is 155 Å². The minimum atomic E-state index is -3.58. The molecule has 1 aromatic heterocycles. The zero-order valence-electron chi connectivity index (χ0n) is 15.7. The molecule has 0 amide bonds. The van der Waals surface area contributed by atoms with Crippen molar-refractivity contribution in [1.29, 1.82) is 0 Å². The number of hydrogen-bond acceptors (Lipinski definition) is 2. The molecule has 0 fully saturated rings. The Hall–Kier alpha value is -2.11. The molecule has 5 heteroatoms. The van der Waals surface area contributed by atoms with Crippen LogP contribution in [0.2, 0.25) is 0 Å². The summed E-state index contributed by atoms with van der Waals surface area (Å²) in [5, 5.41) is 1.13. The van der Waals surface area contributed by atoms with Crippen molar-refractivity contribution in [3.63, 3.8) is 0 Å². The van der Waals surface area contributed by atoms with Crippen molar-refractivity contribution in [2.24, 2.45) is 0 Å². The lowest BCUT2D eigenvalue weighted by Crippen LogP contribution is -2.44. The molecular weight excluding hydrogens is 344 g/mol. The second-order valence-electron chi connectivity index (χ2n) is 7.75. The number of sulfonamides is 1. The molecule has 0 radical (unpaired) electrons. The molecule has 0 saturated carbocycles. The highest BCUT2D eigenvalue weighted by atomic mass is 32.2. The first-order chi connectivity index (χ1) is 12.2. The van der Waals surface area contributed by atoms with Crippen LogP contribution in [-0.2, 0) is 16.4 Å². The molecule has 0 aliphatic rings. The number of fused-ring (bicyclic) bond motifs is 1. The number of para-hydroxylation sites is 1. The molecule has 0 bridgehead atoms. The Balaban J connectivity index is 1.81. The highest BCUT2D eigenvalue weighted by molar-refractivity contribution is 7.89. The minimum absolute atomic E-state index is 0.300. The van der Waals surface area contributed by atoms with Crippen LogP contribution in [0.15, 0.2) is 59.6 Å². The highest BCUT2D eigenvalue weighted by Crippen LogP contribution is 2.24. The number of hydrogen-bond donors (Lipinski definition) is 2. The minimum Gasteiger partial charge on any atom is -0.361 e. The number of nitrogens with one attached hydrogen (secondary N) is 2. The van der Waals surface area contributed by atoms with Gasteiger partial charge in [-0.25, -0.2) is 13.1 Å². The molecule has 2 N–H and O–H groups in total. The van der Waals surface area contributed by atoms with Gasteiger partial charge in [-0.15, -0.1) is 0 Å². The van der Waals surface area contributed by atoms with E-state index in [0.717, 1.165) is 22.0 Å². The second kappa shape index (κ2) is 6.89. The molecule has 3 rings (SSSR count). The highest BCUT2D eigenvalue weighted by Gasteiger charge is 2.27. The molecule has 0 aliphatic heterocycles. The molecule has 26 heavy (non-hydrogen) atoms. The fraction of sp³-hybridized carbons (Fsp3) is 0.333. The van der Waals surface area contributed by atoms with Crippen LogP contribution in [0.1, 0.15) is 44.7 Å². The van der Waals surface area contributed by atoms with E-state index in [0.29, 0.717) is 17.2 Å². The van der Waals surface area contributed by atoms with Crippen LogP contribution in [-0.4, -0.2) is 18.9 Å². The Morgan fingerprint density at radius 1 is 1.04 bits per heavy atom. The van der Waals surface area contributed by atoms with Crippen molar-refractivity contribution in [2.75, 3.05) is 0 Å². The van der Waals surface area contributed by atoms with Crippen molar-refractivity contribution in [2.45, 2.75) is 50.5 Å². The van der Waals surface area contributed by atoms with E-state index in [2.05, 4.69) is 29.6 Å². The van der Waals surface area contributed by atoms with Gasteiger partial charge in [-0.1, -0.05) is 44.2 Å². The third kappa shape index (κ3) is 4.00. The monoisotopic (exact) mass is 370 g/mol. The summed E-state index contributed by atoms with van der Waals surface area (Å²) in [6, 6.07) is 15.2. The summed E-state index contributed by atoms with van der Waals surface area (Å²) in [7, 11) is -3.58. The first-order valence-corrected chi connectivity index (χ1v) is 10.4. The summed E-state index contributed by atoms with van der Waals surface area (Å²) in [5.41, 5.74) is 2.68. The molecule has 0 aliphatic carbocycles. The summed E-state index contributed by atoms with van der Waals surface area (Å²) in [6.07, 6.45) is 2.55. The van der Waals surface area contributed by atoms with Crippen LogP contribution in [0.3, 0.4) is 0 Å².